The minimum Gasteiger partial charge on any atom is -0.352 e. The van der Waals surface area contributed by atoms with Gasteiger partial charge in [0.05, 0.1) is 0 Å². The molecule has 3 heteroatoms. The number of rotatable bonds is 0. The van der Waals surface area contributed by atoms with Crippen molar-refractivity contribution >= 4 is 11.6 Å². The molecule has 7 atom stereocenters. The van der Waals surface area contributed by atoms with Gasteiger partial charge in [-0.15, -0.1) is 0 Å². The lowest BCUT2D eigenvalue weighted by atomic mass is 9.45. The van der Waals surface area contributed by atoms with E-state index < -0.39 is 0 Å². The molecule has 0 aromatic heterocycles. The predicted molar refractivity (Wildman–Crippen MR) is 90.3 cm³/mol. The molecule has 3 saturated carbocycles. The lowest BCUT2D eigenvalue weighted by Crippen LogP contribution is -2.57. The summed E-state index contributed by atoms with van der Waals surface area (Å²) in [5.41, 5.74) is 0.699. The zero-order chi connectivity index (χ0) is 16.9. The quantitative estimate of drug-likeness (QED) is 0.504. The maximum absolute atomic E-state index is 12.5. The molecule has 24 heavy (non-hydrogen) atoms. The van der Waals surface area contributed by atoms with Gasteiger partial charge in [0.1, 0.15) is 11.4 Å². The van der Waals surface area contributed by atoms with Gasteiger partial charge in [0.15, 0.2) is 11.9 Å². The Balaban J connectivity index is 1.63. The first-order valence-corrected chi connectivity index (χ1v) is 9.48. The molecule has 3 nitrogen and oxygen atoms in total. The van der Waals surface area contributed by atoms with E-state index in [0.29, 0.717) is 23.5 Å². The summed E-state index contributed by atoms with van der Waals surface area (Å²) >= 11 is 0. The highest BCUT2D eigenvalue weighted by molar-refractivity contribution is 5.99. The topological polar surface area (TPSA) is 46.7 Å². The van der Waals surface area contributed by atoms with Crippen molar-refractivity contribution in [3.63, 3.8) is 0 Å². The summed E-state index contributed by atoms with van der Waals surface area (Å²) in [6, 6.07) is 0. The summed E-state index contributed by atoms with van der Waals surface area (Å²) < 4.78 is 6.15. The molecular formula is C21H26O3. The fourth-order valence-electron chi connectivity index (χ4n) is 7.10. The SMILES string of the molecule is CC=C1C[C@@H]2[C@@H](CC[C@]3(C)C(=O)CC[C@@H]23)[C@@]2(C)C=CC(=O)C3OC132. The first-order valence-electron chi connectivity index (χ1n) is 9.48. The number of ether oxygens (including phenoxy) is 1. The van der Waals surface area contributed by atoms with E-state index >= 15 is 0 Å². The van der Waals surface area contributed by atoms with Crippen molar-refractivity contribution in [2.75, 3.05) is 0 Å². The lowest BCUT2D eigenvalue weighted by molar-refractivity contribution is -0.133. The molecule has 0 aromatic rings. The van der Waals surface area contributed by atoms with Crippen LogP contribution >= 0.6 is 0 Å². The zero-order valence-electron chi connectivity index (χ0n) is 14.8. The highest BCUT2D eigenvalue weighted by atomic mass is 16.6. The normalized spacial score (nSPS) is 56.5. The second kappa shape index (κ2) is 4.30. The number of fused-ring (bicyclic) bond motifs is 4. The van der Waals surface area contributed by atoms with Crippen molar-refractivity contribution in [3.8, 4) is 0 Å². The Kier molecular flexibility index (Phi) is 2.70. The number of carbonyl (C=O) groups excluding carboxylic acids is 2. The number of epoxide rings is 1. The maximum atomic E-state index is 12.5. The monoisotopic (exact) mass is 326 g/mol. The van der Waals surface area contributed by atoms with Crippen LogP contribution in [0.2, 0.25) is 0 Å². The van der Waals surface area contributed by atoms with E-state index in [1.807, 2.05) is 0 Å². The molecule has 0 bridgehead atoms. The molecule has 5 rings (SSSR count). The summed E-state index contributed by atoms with van der Waals surface area (Å²) in [6.45, 7) is 6.59. The van der Waals surface area contributed by atoms with Crippen molar-refractivity contribution in [2.45, 2.75) is 64.6 Å². The Morgan fingerprint density at radius 3 is 2.75 bits per heavy atom. The third-order valence-electron chi connectivity index (χ3n) is 8.47. The fourth-order valence-corrected chi connectivity index (χ4v) is 7.10. The number of Topliss-reactive ketones (excluding diaryl/α,β-unsaturated/α-hetero) is 1. The van der Waals surface area contributed by atoms with Gasteiger partial charge >= 0.3 is 0 Å². The summed E-state index contributed by atoms with van der Waals surface area (Å²) in [4.78, 5) is 24.8. The van der Waals surface area contributed by atoms with Gasteiger partial charge in [-0.1, -0.05) is 26.0 Å². The third-order valence-corrected chi connectivity index (χ3v) is 8.47. The van der Waals surface area contributed by atoms with Crippen molar-refractivity contribution in [3.05, 3.63) is 23.8 Å². The number of hydrogen-bond acceptors (Lipinski definition) is 3. The number of ketones is 2. The lowest BCUT2D eigenvalue weighted by Gasteiger charge is -2.57. The van der Waals surface area contributed by atoms with Crippen LogP contribution < -0.4 is 0 Å². The molecule has 128 valence electrons. The number of hydrogen-bond donors (Lipinski definition) is 0. The average molecular weight is 326 g/mol. The van der Waals surface area contributed by atoms with Gasteiger partial charge in [-0.05, 0) is 62.0 Å². The first-order chi connectivity index (χ1) is 11.4. The van der Waals surface area contributed by atoms with E-state index in [2.05, 4.69) is 32.9 Å². The van der Waals surface area contributed by atoms with Crippen LogP contribution in [0, 0.1) is 28.6 Å². The molecule has 1 aliphatic heterocycles. The van der Waals surface area contributed by atoms with Crippen molar-refractivity contribution in [1.82, 2.24) is 0 Å². The Morgan fingerprint density at radius 2 is 2.00 bits per heavy atom. The van der Waals surface area contributed by atoms with Gasteiger partial charge in [-0.25, -0.2) is 0 Å². The van der Waals surface area contributed by atoms with Crippen LogP contribution in [0.5, 0.6) is 0 Å². The molecule has 4 fully saturated rings. The molecule has 0 aromatic carbocycles. The van der Waals surface area contributed by atoms with Crippen LogP contribution in [0.25, 0.3) is 0 Å². The van der Waals surface area contributed by atoms with E-state index in [1.54, 1.807) is 6.08 Å². The van der Waals surface area contributed by atoms with Crippen LogP contribution in [0.1, 0.15) is 52.9 Å². The number of allylic oxidation sites excluding steroid dienone is 1. The van der Waals surface area contributed by atoms with Gasteiger partial charge in [0.2, 0.25) is 0 Å². The molecule has 0 N–H and O–H groups in total. The smallest absolute Gasteiger partial charge is 0.187 e. The van der Waals surface area contributed by atoms with E-state index in [4.69, 9.17) is 4.74 Å². The van der Waals surface area contributed by atoms with Gasteiger partial charge in [0.25, 0.3) is 0 Å². The minimum absolute atomic E-state index is 0.108. The van der Waals surface area contributed by atoms with E-state index in [9.17, 15) is 9.59 Å². The van der Waals surface area contributed by atoms with Crippen LogP contribution in [-0.2, 0) is 14.3 Å². The maximum Gasteiger partial charge on any atom is 0.187 e. The second-order valence-electron chi connectivity index (χ2n) is 9.06. The molecule has 1 heterocycles. The average Bonchev–Trinajstić information content (AvgIpc) is 3.25. The van der Waals surface area contributed by atoms with Gasteiger partial charge < -0.3 is 4.74 Å². The summed E-state index contributed by atoms with van der Waals surface area (Å²) in [6.07, 6.45) is 10.7. The van der Waals surface area contributed by atoms with Crippen molar-refractivity contribution < 1.29 is 14.3 Å². The van der Waals surface area contributed by atoms with Crippen LogP contribution in [0.3, 0.4) is 0 Å². The molecule has 4 aliphatic carbocycles. The summed E-state index contributed by atoms with van der Waals surface area (Å²) in [7, 11) is 0. The fraction of sp³-hybridized carbons (Fsp3) is 0.714. The minimum atomic E-state index is -0.384. The first kappa shape index (κ1) is 15.1. The highest BCUT2D eigenvalue weighted by Gasteiger charge is 2.77. The Hall–Kier alpha value is -1.22. The molecule has 0 amide bonds. The Morgan fingerprint density at radius 1 is 1.21 bits per heavy atom. The third kappa shape index (κ3) is 1.42. The number of carbonyl (C=O) groups is 2. The van der Waals surface area contributed by atoms with E-state index in [-0.39, 0.29) is 28.3 Å². The standard InChI is InChI=1S/C21H26O3/c1-4-12-11-13-14-5-6-17(23)19(14,2)9-7-15(13)20(3)10-8-16(22)18-21(12,20)24-18/h4,8,10,13-15,18H,5-7,9,11H2,1-3H3/t13-,14-,15+,18?,19-,20+,21?/m0/s1. The molecule has 5 aliphatic rings. The molecular weight excluding hydrogens is 300 g/mol. The van der Waals surface area contributed by atoms with Gasteiger partial charge in [0, 0.05) is 17.3 Å². The Labute approximate surface area is 143 Å². The highest BCUT2D eigenvalue weighted by Crippen LogP contribution is 2.71. The molecule has 0 radical (unpaired) electrons. The molecule has 1 spiro atoms. The van der Waals surface area contributed by atoms with Gasteiger partial charge in [-0.3, -0.25) is 9.59 Å². The zero-order valence-corrected chi connectivity index (χ0v) is 14.8. The summed E-state index contributed by atoms with van der Waals surface area (Å²) in [5.74, 6) is 2.16. The molecule has 2 unspecified atom stereocenters. The predicted octanol–water partition coefficient (Wildman–Crippen LogP) is 3.63. The second-order valence-corrected chi connectivity index (χ2v) is 9.06. The van der Waals surface area contributed by atoms with Gasteiger partial charge in [-0.2, -0.15) is 0 Å². The van der Waals surface area contributed by atoms with Crippen LogP contribution in [0.15, 0.2) is 23.8 Å². The van der Waals surface area contributed by atoms with E-state index in [0.717, 1.165) is 32.1 Å². The van der Waals surface area contributed by atoms with Crippen LogP contribution in [-0.4, -0.2) is 23.3 Å². The van der Waals surface area contributed by atoms with Crippen molar-refractivity contribution in [1.29, 1.82) is 0 Å². The largest absolute Gasteiger partial charge is 0.352 e. The Bertz CT molecular complexity index is 719. The van der Waals surface area contributed by atoms with Crippen LogP contribution in [0.4, 0.5) is 0 Å². The summed E-state index contributed by atoms with van der Waals surface area (Å²) in [5, 5.41) is 0. The molecule has 1 saturated heterocycles. The van der Waals surface area contributed by atoms with E-state index in [1.165, 1.54) is 5.57 Å². The van der Waals surface area contributed by atoms with Crippen molar-refractivity contribution in [2.24, 2.45) is 28.6 Å².